The number of nitrogens with zero attached hydrogens (tertiary/aromatic N) is 2. The van der Waals surface area contributed by atoms with Crippen LogP contribution in [0.25, 0.3) is 6.08 Å². The third-order valence-corrected chi connectivity index (χ3v) is 5.69. The predicted molar refractivity (Wildman–Crippen MR) is 101 cm³/mol. The minimum Gasteiger partial charge on any atom is -0.452 e. The van der Waals surface area contributed by atoms with Crippen LogP contribution >= 0.6 is 11.3 Å². The second-order valence-corrected chi connectivity index (χ2v) is 8.16. The molecular weight excluding hydrogens is 384 g/mol. The molecule has 0 atom stereocenters. The van der Waals surface area contributed by atoms with Gasteiger partial charge in [0.1, 0.15) is 5.54 Å². The van der Waals surface area contributed by atoms with Gasteiger partial charge in [-0.1, -0.05) is 6.92 Å². The summed E-state index contributed by atoms with van der Waals surface area (Å²) in [6.45, 7) is 3.34. The number of aromatic nitrogens is 1. The monoisotopic (exact) mass is 406 g/mol. The fraction of sp³-hybridized carbons (Fsp3) is 0.500. The number of carbonyl (C=O) groups excluding carboxylic acids is 4. The van der Waals surface area contributed by atoms with Gasteiger partial charge >= 0.3 is 12.0 Å². The molecule has 150 valence electrons. The zero-order chi connectivity index (χ0) is 20.3. The number of urea groups is 1. The van der Waals surface area contributed by atoms with Crippen molar-refractivity contribution in [3.63, 3.8) is 0 Å². The van der Waals surface area contributed by atoms with E-state index in [2.05, 4.69) is 22.7 Å². The Morgan fingerprint density at radius 1 is 1.43 bits per heavy atom. The number of hydrogen-bond donors (Lipinski definition) is 2. The molecule has 3 rings (SSSR count). The maximum absolute atomic E-state index is 12.6. The first kappa shape index (κ1) is 20.0. The van der Waals surface area contributed by atoms with Crippen molar-refractivity contribution in [3.05, 3.63) is 22.2 Å². The van der Waals surface area contributed by atoms with E-state index in [4.69, 9.17) is 4.74 Å². The molecule has 9 nitrogen and oxygen atoms in total. The summed E-state index contributed by atoms with van der Waals surface area (Å²) in [7, 11) is 0. The number of thiazole rings is 1. The van der Waals surface area contributed by atoms with Gasteiger partial charge in [-0.3, -0.25) is 15.0 Å². The molecule has 10 heteroatoms. The molecule has 2 N–H and O–H groups in total. The molecule has 0 unspecified atom stereocenters. The Morgan fingerprint density at radius 2 is 2.14 bits per heavy atom. The molecule has 28 heavy (non-hydrogen) atoms. The Bertz CT molecular complexity index is 826. The lowest BCUT2D eigenvalue weighted by Gasteiger charge is -2.33. The van der Waals surface area contributed by atoms with Gasteiger partial charge in [-0.25, -0.2) is 14.6 Å². The molecule has 1 aliphatic carbocycles. The standard InChI is InChI=1S/C18H22N4O5S/c1-11-5-7-18(8-6-11)16(25)22(17(26)20-18)21-14(23)9-27-15(24)4-3-13-10-28-12(2)19-13/h3-4,10-11H,5-9H2,1-2H3,(H,20,26)(H,21,23)/b4-3+. The van der Waals surface area contributed by atoms with E-state index in [0.717, 1.165) is 23.9 Å². The average Bonchev–Trinajstić information content (AvgIpc) is 3.17. The van der Waals surface area contributed by atoms with Crippen LogP contribution in [-0.2, 0) is 19.1 Å². The highest BCUT2D eigenvalue weighted by atomic mass is 32.1. The molecular formula is C18H22N4O5S. The number of amides is 4. The van der Waals surface area contributed by atoms with Gasteiger partial charge in [-0.2, -0.15) is 5.01 Å². The minimum atomic E-state index is -0.943. The van der Waals surface area contributed by atoms with Crippen molar-refractivity contribution in [3.8, 4) is 0 Å². The van der Waals surface area contributed by atoms with Crippen molar-refractivity contribution >= 4 is 41.2 Å². The molecule has 0 radical (unpaired) electrons. The smallest absolute Gasteiger partial charge is 0.344 e. The fourth-order valence-corrected chi connectivity index (χ4v) is 3.85. The largest absolute Gasteiger partial charge is 0.452 e. The van der Waals surface area contributed by atoms with Crippen LogP contribution in [0.2, 0.25) is 0 Å². The third kappa shape index (κ3) is 4.38. The molecule has 4 amide bonds. The Morgan fingerprint density at radius 3 is 2.79 bits per heavy atom. The summed E-state index contributed by atoms with van der Waals surface area (Å²) in [6, 6.07) is -0.668. The summed E-state index contributed by atoms with van der Waals surface area (Å²) in [6.07, 6.45) is 5.39. The van der Waals surface area contributed by atoms with Crippen molar-refractivity contribution in [2.75, 3.05) is 6.61 Å². The van der Waals surface area contributed by atoms with E-state index in [-0.39, 0.29) is 0 Å². The average molecular weight is 406 g/mol. The minimum absolute atomic E-state index is 0.470. The summed E-state index contributed by atoms with van der Waals surface area (Å²) in [5.74, 6) is -1.46. The topological polar surface area (TPSA) is 118 Å². The van der Waals surface area contributed by atoms with Gasteiger partial charge in [0.2, 0.25) is 0 Å². The van der Waals surface area contributed by atoms with Crippen LogP contribution in [0.3, 0.4) is 0 Å². The summed E-state index contributed by atoms with van der Waals surface area (Å²) in [4.78, 5) is 52.6. The summed E-state index contributed by atoms with van der Waals surface area (Å²) < 4.78 is 4.83. The molecule has 1 saturated heterocycles. The van der Waals surface area contributed by atoms with E-state index in [9.17, 15) is 19.2 Å². The Hall–Kier alpha value is -2.75. The molecule has 1 spiro atoms. The lowest BCUT2D eigenvalue weighted by molar-refractivity contribution is -0.147. The predicted octanol–water partition coefficient (Wildman–Crippen LogP) is 1.54. The first-order valence-electron chi connectivity index (χ1n) is 9.02. The number of imide groups is 1. The highest BCUT2D eigenvalue weighted by Gasteiger charge is 2.52. The quantitative estimate of drug-likeness (QED) is 0.435. The van der Waals surface area contributed by atoms with E-state index >= 15 is 0 Å². The number of aryl methyl sites for hydroxylation is 1. The molecule has 2 aliphatic rings. The number of rotatable bonds is 5. The van der Waals surface area contributed by atoms with Crippen LogP contribution in [0.15, 0.2) is 11.5 Å². The van der Waals surface area contributed by atoms with Crippen molar-refractivity contribution in [1.29, 1.82) is 0 Å². The molecule has 2 heterocycles. The second kappa shape index (κ2) is 8.09. The summed E-state index contributed by atoms with van der Waals surface area (Å²) in [5.41, 5.74) is 1.89. The molecule has 1 saturated carbocycles. The number of hydrazine groups is 1. The van der Waals surface area contributed by atoms with Gasteiger partial charge < -0.3 is 10.1 Å². The van der Waals surface area contributed by atoms with Gasteiger partial charge in [0.25, 0.3) is 11.8 Å². The number of esters is 1. The number of carbonyl (C=O) groups is 4. The molecule has 1 aromatic heterocycles. The van der Waals surface area contributed by atoms with Crippen LogP contribution in [-0.4, -0.2) is 46.0 Å². The van der Waals surface area contributed by atoms with Crippen LogP contribution in [0.1, 0.15) is 43.3 Å². The number of nitrogens with one attached hydrogen (secondary N) is 2. The first-order valence-corrected chi connectivity index (χ1v) is 9.90. The maximum Gasteiger partial charge on any atom is 0.344 e. The van der Waals surface area contributed by atoms with Crippen LogP contribution < -0.4 is 10.7 Å². The normalized spacial score (nSPS) is 24.6. The Balaban J connectivity index is 1.49. The van der Waals surface area contributed by atoms with Gasteiger partial charge in [0.15, 0.2) is 6.61 Å². The van der Waals surface area contributed by atoms with Crippen molar-refractivity contribution in [2.24, 2.45) is 5.92 Å². The van der Waals surface area contributed by atoms with E-state index in [1.807, 2.05) is 6.92 Å². The third-order valence-electron chi connectivity index (χ3n) is 4.90. The zero-order valence-corrected chi connectivity index (χ0v) is 16.5. The van der Waals surface area contributed by atoms with Crippen molar-refractivity contribution in [2.45, 2.75) is 45.1 Å². The molecule has 1 aromatic rings. The van der Waals surface area contributed by atoms with Gasteiger partial charge in [-0.15, -0.1) is 11.3 Å². The highest BCUT2D eigenvalue weighted by Crippen LogP contribution is 2.35. The second-order valence-electron chi connectivity index (χ2n) is 7.10. The summed E-state index contributed by atoms with van der Waals surface area (Å²) in [5, 5.41) is 6.03. The van der Waals surface area contributed by atoms with E-state index in [1.165, 1.54) is 17.4 Å². The Kier molecular flexibility index (Phi) is 5.78. The number of ether oxygens (including phenoxy) is 1. The zero-order valence-electron chi connectivity index (χ0n) is 15.7. The molecule has 0 aromatic carbocycles. The fourth-order valence-electron chi connectivity index (χ4n) is 3.27. The van der Waals surface area contributed by atoms with Crippen molar-refractivity contribution in [1.82, 2.24) is 20.7 Å². The Labute approximate surface area is 166 Å². The SMILES string of the molecule is Cc1nc(/C=C/C(=O)OCC(=O)NN2C(=O)NC3(CCC(C)CC3)C2=O)cs1. The van der Waals surface area contributed by atoms with Gasteiger partial charge in [0.05, 0.1) is 10.7 Å². The lowest BCUT2D eigenvalue weighted by atomic mass is 9.77. The van der Waals surface area contributed by atoms with Crippen LogP contribution in [0.4, 0.5) is 4.79 Å². The van der Waals surface area contributed by atoms with Crippen molar-refractivity contribution < 1.29 is 23.9 Å². The molecule has 0 bridgehead atoms. The van der Waals surface area contributed by atoms with E-state index < -0.39 is 36.0 Å². The van der Waals surface area contributed by atoms with Gasteiger partial charge in [0, 0.05) is 11.5 Å². The highest BCUT2D eigenvalue weighted by molar-refractivity contribution is 7.09. The van der Waals surface area contributed by atoms with E-state index in [1.54, 1.807) is 5.38 Å². The van der Waals surface area contributed by atoms with Gasteiger partial charge in [-0.05, 0) is 44.6 Å². The lowest BCUT2D eigenvalue weighted by Crippen LogP contribution is -2.52. The number of hydrogen-bond acceptors (Lipinski definition) is 7. The van der Waals surface area contributed by atoms with E-state index in [0.29, 0.717) is 29.5 Å². The van der Waals surface area contributed by atoms with Crippen LogP contribution in [0, 0.1) is 12.8 Å². The van der Waals surface area contributed by atoms with Crippen LogP contribution in [0.5, 0.6) is 0 Å². The first-order chi connectivity index (χ1) is 13.3. The molecule has 2 fully saturated rings. The maximum atomic E-state index is 12.6. The molecule has 1 aliphatic heterocycles. The summed E-state index contributed by atoms with van der Waals surface area (Å²) >= 11 is 1.45.